The van der Waals surface area contributed by atoms with Gasteiger partial charge in [-0.3, -0.25) is 0 Å². The van der Waals surface area contributed by atoms with Gasteiger partial charge in [-0.1, -0.05) is 31.7 Å². The molecule has 1 aromatic carbocycles. The maximum Gasteiger partial charge on any atom is 0.0920 e. The lowest BCUT2D eigenvalue weighted by molar-refractivity contribution is -0.0662. The molecule has 0 aromatic heterocycles. The van der Waals surface area contributed by atoms with Gasteiger partial charge in [-0.25, -0.2) is 0 Å². The van der Waals surface area contributed by atoms with Crippen LogP contribution in [0.1, 0.15) is 45.2 Å². The van der Waals surface area contributed by atoms with Gasteiger partial charge in [-0.2, -0.15) is 0 Å². The van der Waals surface area contributed by atoms with Crippen LogP contribution in [-0.2, 0) is 15.9 Å². The van der Waals surface area contributed by atoms with Crippen molar-refractivity contribution in [1.29, 1.82) is 0 Å². The smallest absolute Gasteiger partial charge is 0.0920 e. The van der Waals surface area contributed by atoms with E-state index in [0.29, 0.717) is 0 Å². The maximum atomic E-state index is 6.12. The van der Waals surface area contributed by atoms with E-state index in [9.17, 15) is 0 Å². The average Bonchev–Trinajstić information content (AvgIpc) is 2.55. The summed E-state index contributed by atoms with van der Waals surface area (Å²) >= 11 is 0. The lowest BCUT2D eigenvalue weighted by Gasteiger charge is -2.21. The van der Waals surface area contributed by atoms with Gasteiger partial charge in [0.2, 0.25) is 0 Å². The Labute approximate surface area is 86.1 Å². The maximum absolute atomic E-state index is 6.12. The molecular weight excluding hydrogens is 172 g/mol. The van der Waals surface area contributed by atoms with Crippen molar-refractivity contribution in [2.24, 2.45) is 0 Å². The van der Waals surface area contributed by atoms with Gasteiger partial charge in [0.1, 0.15) is 0 Å². The number of rotatable bonds is 0. The Bertz CT molecular complexity index is 336. The molecule has 0 aliphatic carbocycles. The van der Waals surface area contributed by atoms with Crippen molar-refractivity contribution in [2.75, 3.05) is 0 Å². The fourth-order valence-corrected chi connectivity index (χ4v) is 2.86. The minimum atomic E-state index is 0. The third-order valence-corrected chi connectivity index (χ3v) is 3.60. The third kappa shape index (κ3) is 0.936. The quantitative estimate of drug-likeness (QED) is 0.607. The van der Waals surface area contributed by atoms with Gasteiger partial charge in [-0.15, -0.1) is 0 Å². The van der Waals surface area contributed by atoms with Crippen LogP contribution in [0.4, 0.5) is 0 Å². The zero-order valence-corrected chi connectivity index (χ0v) is 8.13. The predicted octanol–water partition coefficient (Wildman–Crippen LogP) is 3.58. The number of hydrogen-bond donors (Lipinski definition) is 0. The van der Waals surface area contributed by atoms with Gasteiger partial charge < -0.3 is 4.74 Å². The summed E-state index contributed by atoms with van der Waals surface area (Å²) in [5.74, 6) is 0. The van der Waals surface area contributed by atoms with Gasteiger partial charge in [0, 0.05) is 0 Å². The summed E-state index contributed by atoms with van der Waals surface area (Å²) in [6.45, 7) is 4.42. The van der Waals surface area contributed by atoms with E-state index in [1.165, 1.54) is 24.0 Å². The van der Waals surface area contributed by atoms with Crippen LogP contribution in [0.25, 0.3) is 0 Å². The van der Waals surface area contributed by atoms with Crippen LogP contribution >= 0.6 is 0 Å². The van der Waals surface area contributed by atoms with Crippen LogP contribution in [-0.4, -0.2) is 0 Å². The number of benzene rings is 1. The van der Waals surface area contributed by atoms with Crippen LogP contribution in [0.3, 0.4) is 0 Å². The summed E-state index contributed by atoms with van der Waals surface area (Å²) in [5.41, 5.74) is 2.82. The molecule has 2 heterocycles. The normalized spacial score (nSPS) is 37.9. The fourth-order valence-electron chi connectivity index (χ4n) is 2.86. The molecule has 1 nitrogen and oxygen atoms in total. The van der Waals surface area contributed by atoms with Gasteiger partial charge in [-0.05, 0) is 37.8 Å². The predicted molar refractivity (Wildman–Crippen MR) is 58.2 cm³/mol. The second-order valence-electron chi connectivity index (χ2n) is 4.61. The number of hydrogen-bond acceptors (Lipinski definition) is 1. The first-order chi connectivity index (χ1) is 6.14. The Hall–Kier alpha value is -0.820. The summed E-state index contributed by atoms with van der Waals surface area (Å²) in [5, 5.41) is 0. The Morgan fingerprint density at radius 2 is 1.43 bits per heavy atom. The monoisotopic (exact) mass is 190 g/mol. The molecule has 0 saturated carbocycles. The molecule has 3 rings (SSSR count). The SMILES string of the molecule is C.CC12CCC(C)(O1)c1ccccc12. The molecule has 76 valence electrons. The van der Waals surface area contributed by atoms with Crippen LogP contribution in [0, 0.1) is 0 Å². The highest BCUT2D eigenvalue weighted by Gasteiger charge is 2.53. The molecule has 1 fully saturated rings. The molecule has 2 atom stereocenters. The molecule has 1 heteroatoms. The lowest BCUT2D eigenvalue weighted by Crippen LogP contribution is -2.17. The first-order valence-electron chi connectivity index (χ1n) is 4.94. The van der Waals surface area contributed by atoms with E-state index in [-0.39, 0.29) is 18.6 Å². The molecule has 2 unspecified atom stereocenters. The average molecular weight is 190 g/mol. The Balaban J connectivity index is 0.000000750. The van der Waals surface area contributed by atoms with E-state index in [2.05, 4.69) is 38.1 Å². The molecule has 0 radical (unpaired) electrons. The van der Waals surface area contributed by atoms with Gasteiger partial charge >= 0.3 is 0 Å². The van der Waals surface area contributed by atoms with E-state index in [4.69, 9.17) is 4.74 Å². The minimum Gasteiger partial charge on any atom is -0.360 e. The molecule has 0 N–H and O–H groups in total. The number of fused-ring (bicyclic) bond motifs is 5. The van der Waals surface area contributed by atoms with Crippen LogP contribution in [0.15, 0.2) is 24.3 Å². The van der Waals surface area contributed by atoms with E-state index >= 15 is 0 Å². The fraction of sp³-hybridized carbons (Fsp3) is 0.538. The van der Waals surface area contributed by atoms with Crippen molar-refractivity contribution >= 4 is 0 Å². The van der Waals surface area contributed by atoms with E-state index < -0.39 is 0 Å². The molecule has 2 aliphatic rings. The Kier molecular flexibility index (Phi) is 1.81. The molecule has 0 spiro atoms. The lowest BCUT2D eigenvalue weighted by atomic mass is 9.78. The van der Waals surface area contributed by atoms with Crippen molar-refractivity contribution < 1.29 is 4.74 Å². The largest absolute Gasteiger partial charge is 0.360 e. The molecule has 1 saturated heterocycles. The second kappa shape index (κ2) is 2.60. The minimum absolute atomic E-state index is 0. The van der Waals surface area contributed by atoms with Crippen LogP contribution < -0.4 is 0 Å². The third-order valence-electron chi connectivity index (χ3n) is 3.60. The first kappa shape index (κ1) is 9.72. The van der Waals surface area contributed by atoms with Crippen LogP contribution in [0.2, 0.25) is 0 Å². The highest BCUT2D eigenvalue weighted by Crippen LogP contribution is 2.57. The Morgan fingerprint density at radius 3 is 1.86 bits per heavy atom. The Morgan fingerprint density at radius 1 is 1.00 bits per heavy atom. The molecule has 2 bridgehead atoms. The number of ether oxygens (including phenoxy) is 1. The van der Waals surface area contributed by atoms with Crippen molar-refractivity contribution in [1.82, 2.24) is 0 Å². The van der Waals surface area contributed by atoms with Crippen molar-refractivity contribution in [3.8, 4) is 0 Å². The van der Waals surface area contributed by atoms with Crippen molar-refractivity contribution in [2.45, 2.75) is 45.3 Å². The van der Waals surface area contributed by atoms with E-state index in [1.807, 2.05) is 0 Å². The summed E-state index contributed by atoms with van der Waals surface area (Å²) in [7, 11) is 0. The molecule has 2 aliphatic heterocycles. The van der Waals surface area contributed by atoms with Crippen molar-refractivity contribution in [3.05, 3.63) is 35.4 Å². The zero-order valence-electron chi connectivity index (χ0n) is 8.13. The highest BCUT2D eigenvalue weighted by atomic mass is 16.5. The zero-order chi connectivity index (χ0) is 9.10. The van der Waals surface area contributed by atoms with Gasteiger partial charge in [0.25, 0.3) is 0 Å². The standard InChI is InChI=1S/C12H14O.CH4/c1-11-7-8-12(2,13-11)10-6-4-3-5-9(10)11;/h3-6H,7-8H2,1-2H3;1H4. The van der Waals surface area contributed by atoms with E-state index in [1.54, 1.807) is 0 Å². The first-order valence-corrected chi connectivity index (χ1v) is 4.94. The highest BCUT2D eigenvalue weighted by molar-refractivity contribution is 5.43. The van der Waals surface area contributed by atoms with Crippen LogP contribution in [0.5, 0.6) is 0 Å². The summed E-state index contributed by atoms with van der Waals surface area (Å²) in [6.07, 6.45) is 2.33. The van der Waals surface area contributed by atoms with Gasteiger partial charge in [0.15, 0.2) is 0 Å². The topological polar surface area (TPSA) is 9.23 Å². The van der Waals surface area contributed by atoms with E-state index in [0.717, 1.165) is 0 Å². The molecule has 14 heavy (non-hydrogen) atoms. The summed E-state index contributed by atoms with van der Waals surface area (Å²) in [6, 6.07) is 8.63. The summed E-state index contributed by atoms with van der Waals surface area (Å²) in [4.78, 5) is 0. The molecule has 1 aromatic rings. The molecular formula is C13H18O. The van der Waals surface area contributed by atoms with Crippen molar-refractivity contribution in [3.63, 3.8) is 0 Å². The van der Waals surface area contributed by atoms with Gasteiger partial charge in [0.05, 0.1) is 11.2 Å². The second-order valence-corrected chi connectivity index (χ2v) is 4.61. The molecule has 0 amide bonds. The summed E-state index contributed by atoms with van der Waals surface area (Å²) < 4.78 is 6.12.